The zero-order valence-corrected chi connectivity index (χ0v) is 38.2. The van der Waals surface area contributed by atoms with Gasteiger partial charge in [0.25, 0.3) is 0 Å². The number of aliphatic hydroxyl groups is 1. The Morgan fingerprint density at radius 1 is 0.926 bits per heavy atom. The van der Waals surface area contributed by atoms with Crippen molar-refractivity contribution in [2.24, 2.45) is 17.8 Å². The van der Waals surface area contributed by atoms with Crippen molar-refractivity contribution in [1.82, 2.24) is 0 Å². The molecule has 8 heteroatoms. The topological polar surface area (TPSA) is 73.6 Å². The van der Waals surface area contributed by atoms with Crippen LogP contribution in [0.4, 0.5) is 0 Å². The standard InChI is InChI=1S/C46H72O6Si2/c1-15-32(7)42(51-53(16-2,17-3)18-4)44-39(49-44)26-30(5)20-19-21-33(8)35-27-37-40-38(28-35)50-54(45(9,10)11,46(12,13)14)52-43-34(23-22-31(6)29-47)24-25-36(48-37)41(40)43/h19-21,24-25,27-28,30-32,39,42,44,47H,15-18,22-23,26,29H2,1-14H3/b20-19+,33-21+/t30-,31-,32-,39+,42-,44-/m1/s1. The van der Waals surface area contributed by atoms with Gasteiger partial charge < -0.3 is 27.5 Å². The molecule has 6 nitrogen and oxygen atoms in total. The van der Waals surface area contributed by atoms with Crippen LogP contribution in [0.25, 0.3) is 27.5 Å². The molecule has 1 fully saturated rings. The number of ether oxygens (including phenoxy) is 1. The molecule has 3 heterocycles. The fourth-order valence-electron chi connectivity index (χ4n) is 8.73. The molecule has 300 valence electrons. The van der Waals surface area contributed by atoms with Gasteiger partial charge in [-0.25, -0.2) is 0 Å². The lowest BCUT2D eigenvalue weighted by molar-refractivity contribution is 0.0949. The molecule has 54 heavy (non-hydrogen) atoms. The second-order valence-electron chi connectivity index (χ2n) is 18.8. The molecule has 0 bridgehead atoms. The van der Waals surface area contributed by atoms with Crippen molar-refractivity contribution in [3.05, 3.63) is 53.6 Å². The summed E-state index contributed by atoms with van der Waals surface area (Å²) in [5.41, 5.74) is 5.01. The molecule has 0 amide bonds. The summed E-state index contributed by atoms with van der Waals surface area (Å²) in [7, 11) is -4.76. The van der Waals surface area contributed by atoms with Crippen molar-refractivity contribution >= 4 is 44.4 Å². The van der Waals surface area contributed by atoms with Crippen molar-refractivity contribution in [1.29, 1.82) is 0 Å². The number of allylic oxidation sites excluding steroid dienone is 4. The van der Waals surface area contributed by atoms with Crippen LogP contribution in [0.1, 0.15) is 127 Å². The van der Waals surface area contributed by atoms with Crippen molar-refractivity contribution in [2.75, 3.05) is 6.61 Å². The Hall–Kier alpha value is -2.37. The van der Waals surface area contributed by atoms with Crippen LogP contribution in [0.2, 0.25) is 28.2 Å². The van der Waals surface area contributed by atoms with Crippen LogP contribution in [-0.4, -0.2) is 46.9 Å². The Kier molecular flexibility index (Phi) is 13.2. The largest absolute Gasteiger partial charge is 0.511 e. The van der Waals surface area contributed by atoms with Gasteiger partial charge in [-0.15, -0.1) is 0 Å². The summed E-state index contributed by atoms with van der Waals surface area (Å²) >= 11 is 0. The first-order chi connectivity index (χ1) is 25.4. The van der Waals surface area contributed by atoms with E-state index in [-0.39, 0.29) is 40.9 Å². The number of epoxide rings is 1. The van der Waals surface area contributed by atoms with Crippen LogP contribution in [0, 0.1) is 17.8 Å². The molecule has 3 aromatic rings. The number of aliphatic hydroxyl groups excluding tert-OH is 1. The van der Waals surface area contributed by atoms with Crippen LogP contribution < -0.4 is 8.85 Å². The predicted octanol–water partition coefficient (Wildman–Crippen LogP) is 13.2. The quantitative estimate of drug-likeness (QED) is 0.0836. The third-order valence-corrected chi connectivity index (χ3v) is 22.3. The minimum atomic E-state index is -3.04. The maximum atomic E-state index is 9.79. The fourth-order valence-corrected chi connectivity index (χ4v) is 16.2. The SMILES string of the molecule is CC[C@@H](C)[C@@H](O[Si](CC)(CC)CC)[C@@H]1O[C@H]1C[C@H](C)/C=C/C=C(\C)c1cc2c3c(c1)oc1ccc(CC[C@@H](C)CO)c(c13)O[Si](C(C)(C)C)(C(C)(C)C)O2. The molecule has 0 spiro atoms. The van der Waals surface area contributed by atoms with Crippen LogP contribution in [0.3, 0.4) is 0 Å². The van der Waals surface area contributed by atoms with Gasteiger partial charge in [-0.2, -0.15) is 0 Å². The molecule has 1 N–H and O–H groups in total. The molecular weight excluding hydrogens is 705 g/mol. The van der Waals surface area contributed by atoms with Gasteiger partial charge in [-0.05, 0) is 97.0 Å². The van der Waals surface area contributed by atoms with Gasteiger partial charge in [-0.1, -0.05) is 121 Å². The number of rotatable bonds is 17. The van der Waals surface area contributed by atoms with Gasteiger partial charge in [0.05, 0.1) is 23.0 Å². The van der Waals surface area contributed by atoms with Gasteiger partial charge in [0.1, 0.15) is 28.8 Å². The average Bonchev–Trinajstić information content (AvgIpc) is 3.81. The highest BCUT2D eigenvalue weighted by Gasteiger charge is 2.63. The summed E-state index contributed by atoms with van der Waals surface area (Å²) in [6.45, 7) is 31.9. The maximum Gasteiger partial charge on any atom is 0.471 e. The Morgan fingerprint density at radius 3 is 2.19 bits per heavy atom. The van der Waals surface area contributed by atoms with Crippen LogP contribution in [0.15, 0.2) is 46.9 Å². The van der Waals surface area contributed by atoms with E-state index in [9.17, 15) is 5.11 Å². The van der Waals surface area contributed by atoms with Crippen molar-refractivity contribution < 1.29 is 27.5 Å². The lowest BCUT2D eigenvalue weighted by Gasteiger charge is -2.47. The predicted molar refractivity (Wildman–Crippen MR) is 231 cm³/mol. The smallest absolute Gasteiger partial charge is 0.471 e. The summed E-state index contributed by atoms with van der Waals surface area (Å²) in [5.74, 6) is 2.83. The Balaban J connectivity index is 1.43. The average molecular weight is 777 g/mol. The van der Waals surface area contributed by atoms with Crippen molar-refractivity contribution in [3.8, 4) is 11.5 Å². The number of aryl methyl sites for hydroxylation is 1. The Bertz CT molecular complexity index is 1780. The van der Waals surface area contributed by atoms with E-state index in [4.69, 9.17) is 22.4 Å². The van der Waals surface area contributed by atoms with Gasteiger partial charge in [0.15, 0.2) is 8.32 Å². The second-order valence-corrected chi connectivity index (χ2v) is 28.2. The van der Waals surface area contributed by atoms with E-state index in [0.29, 0.717) is 11.8 Å². The Labute approximate surface area is 329 Å². The van der Waals surface area contributed by atoms with Crippen molar-refractivity contribution in [2.45, 2.75) is 169 Å². The van der Waals surface area contributed by atoms with Crippen LogP contribution in [-0.2, 0) is 15.6 Å². The highest BCUT2D eigenvalue weighted by Crippen LogP contribution is 2.57. The molecule has 1 saturated heterocycles. The van der Waals surface area contributed by atoms with E-state index in [1.165, 1.54) is 18.1 Å². The molecule has 6 atom stereocenters. The summed E-state index contributed by atoms with van der Waals surface area (Å²) in [4.78, 5) is 0. The van der Waals surface area contributed by atoms with E-state index in [1.54, 1.807) is 0 Å². The summed E-state index contributed by atoms with van der Waals surface area (Å²) < 4.78 is 34.8. The molecule has 0 radical (unpaired) electrons. The second kappa shape index (κ2) is 16.6. The maximum absolute atomic E-state index is 9.79. The van der Waals surface area contributed by atoms with Gasteiger partial charge >= 0.3 is 8.56 Å². The monoisotopic (exact) mass is 776 g/mol. The lowest BCUT2D eigenvalue weighted by Crippen LogP contribution is -2.62. The first-order valence-corrected chi connectivity index (χ1v) is 25.4. The molecule has 2 aliphatic rings. The molecule has 0 saturated carbocycles. The van der Waals surface area contributed by atoms with Gasteiger partial charge in [0.2, 0.25) is 0 Å². The highest BCUT2D eigenvalue weighted by molar-refractivity contribution is 6.75. The summed E-state index contributed by atoms with van der Waals surface area (Å²) in [5, 5.41) is 11.3. The molecule has 0 unspecified atom stereocenters. The van der Waals surface area contributed by atoms with E-state index in [0.717, 1.165) is 75.8 Å². The number of hydrogen-bond acceptors (Lipinski definition) is 6. The van der Waals surface area contributed by atoms with Gasteiger partial charge in [0, 0.05) is 16.7 Å². The molecule has 5 rings (SSSR count). The zero-order valence-electron chi connectivity index (χ0n) is 36.2. The molecular formula is C46H72O6Si2. The number of furan rings is 1. The zero-order chi connectivity index (χ0) is 39.8. The van der Waals surface area contributed by atoms with Gasteiger partial charge in [-0.3, -0.25) is 0 Å². The third kappa shape index (κ3) is 8.48. The molecule has 2 aromatic carbocycles. The highest BCUT2D eigenvalue weighted by atomic mass is 28.4. The minimum Gasteiger partial charge on any atom is -0.511 e. The van der Waals surface area contributed by atoms with E-state index in [2.05, 4.69) is 139 Å². The first-order valence-electron chi connectivity index (χ1n) is 21.1. The third-order valence-electron chi connectivity index (χ3n) is 12.7. The minimum absolute atomic E-state index is 0.176. The number of benzene rings is 2. The normalized spacial score (nSPS) is 21.3. The molecule has 1 aromatic heterocycles. The number of hydrogen-bond donors (Lipinski definition) is 1. The van der Waals surface area contributed by atoms with E-state index in [1.807, 2.05) is 0 Å². The molecule has 2 aliphatic heterocycles. The molecule has 0 aliphatic carbocycles. The van der Waals surface area contributed by atoms with Crippen LogP contribution in [0.5, 0.6) is 11.5 Å². The lowest BCUT2D eigenvalue weighted by atomic mass is 9.94. The van der Waals surface area contributed by atoms with Crippen molar-refractivity contribution in [3.63, 3.8) is 0 Å². The first kappa shape index (κ1) is 42.8. The fraction of sp³-hybridized carbons (Fsp3) is 0.652. The Morgan fingerprint density at radius 2 is 1.59 bits per heavy atom. The van der Waals surface area contributed by atoms with E-state index < -0.39 is 16.9 Å². The van der Waals surface area contributed by atoms with Crippen LogP contribution >= 0.6 is 0 Å². The van der Waals surface area contributed by atoms with E-state index >= 15 is 0 Å². The summed E-state index contributed by atoms with van der Waals surface area (Å²) in [6.07, 6.45) is 11.2. The summed E-state index contributed by atoms with van der Waals surface area (Å²) in [6, 6.07) is 12.1.